The Morgan fingerprint density at radius 2 is 1.06 bits per heavy atom. The highest BCUT2D eigenvalue weighted by molar-refractivity contribution is 7.35. The smallest absolute Gasteiger partial charge is 0.216 e. The molecule has 0 atom stereocenters. The molecule has 9 nitrogen and oxygen atoms in total. The maximum Gasteiger partial charge on any atom is 0.216 e. The van der Waals surface area contributed by atoms with Gasteiger partial charge in [0.1, 0.15) is 20.0 Å². The van der Waals surface area contributed by atoms with Crippen LogP contribution in [0.3, 0.4) is 0 Å². The maximum absolute atomic E-state index is 13.0. The van der Waals surface area contributed by atoms with Crippen LogP contribution in [0.4, 0.5) is 10.3 Å². The van der Waals surface area contributed by atoms with E-state index in [1.807, 2.05) is 0 Å². The number of hydrogen-bond acceptors (Lipinski definition) is 13. The fraction of sp³-hybridized carbons (Fsp3) is 0.176. The molecule has 1 aliphatic heterocycles. The number of hydrogen-bond donors (Lipinski definition) is 0. The van der Waals surface area contributed by atoms with Crippen molar-refractivity contribution >= 4 is 96.2 Å². The van der Waals surface area contributed by atoms with Crippen molar-refractivity contribution in [3.05, 3.63) is 106 Å². The van der Waals surface area contributed by atoms with Gasteiger partial charge in [0.25, 0.3) is 0 Å². The molecule has 1 aliphatic carbocycles. The van der Waals surface area contributed by atoms with E-state index in [9.17, 15) is 19.2 Å². The van der Waals surface area contributed by atoms with Gasteiger partial charge in [-0.2, -0.15) is 0 Å². The second-order valence-electron chi connectivity index (χ2n) is 11.8. The minimum absolute atomic E-state index is 0.0961. The summed E-state index contributed by atoms with van der Waals surface area (Å²) in [6, 6.07) is 13.6. The molecule has 4 aromatic heterocycles. The highest BCUT2D eigenvalue weighted by Gasteiger charge is 2.47. The Balaban J connectivity index is 1.14. The van der Waals surface area contributed by atoms with E-state index in [2.05, 4.69) is 9.98 Å². The normalized spacial score (nSPS) is 15.5. The summed E-state index contributed by atoms with van der Waals surface area (Å²) in [5.74, 6) is 0.769. The highest BCUT2D eigenvalue weighted by Crippen LogP contribution is 2.62. The van der Waals surface area contributed by atoms with Crippen LogP contribution < -0.4 is 37.2 Å². The van der Waals surface area contributed by atoms with E-state index in [1.54, 1.807) is 59.9 Å². The summed E-state index contributed by atoms with van der Waals surface area (Å²) < 4.78 is 8.87. The molecule has 0 unspecified atom stereocenters. The summed E-state index contributed by atoms with van der Waals surface area (Å²) in [4.78, 5) is 74.0. The van der Waals surface area contributed by atoms with Crippen LogP contribution in [-0.2, 0) is 5.60 Å². The summed E-state index contributed by atoms with van der Waals surface area (Å²) in [5.41, 5.74) is -0.955. The van der Waals surface area contributed by atoms with Crippen molar-refractivity contribution in [2.75, 3.05) is 0 Å². The Hall–Kier alpha value is -4.56. The number of benzene rings is 2. The minimum Gasteiger partial charge on any atom is -0.479 e. The Kier molecular flexibility index (Phi) is 5.70. The van der Waals surface area contributed by atoms with E-state index in [1.165, 1.54) is 34.0 Å². The lowest BCUT2D eigenvalue weighted by atomic mass is 9.78. The monoisotopic (exact) mass is 690 g/mol. The van der Waals surface area contributed by atoms with Crippen LogP contribution in [0.5, 0.6) is 5.75 Å². The molecular formula is C34H18N4O5S4. The zero-order valence-corrected chi connectivity index (χ0v) is 27.4. The molecule has 0 amide bonds. The van der Waals surface area contributed by atoms with Crippen LogP contribution in [0.15, 0.2) is 77.7 Å². The van der Waals surface area contributed by atoms with Crippen molar-refractivity contribution in [2.45, 2.75) is 37.7 Å². The van der Waals surface area contributed by atoms with E-state index in [0.717, 1.165) is 72.2 Å². The number of aromatic nitrogens is 2. The topological polar surface area (TPSA) is 128 Å². The van der Waals surface area contributed by atoms with Gasteiger partial charge in [-0.05, 0) is 25.7 Å². The first-order valence-electron chi connectivity index (χ1n) is 15.0. The summed E-state index contributed by atoms with van der Waals surface area (Å²) in [7, 11) is 0. The van der Waals surface area contributed by atoms with Crippen molar-refractivity contribution < 1.29 is 4.74 Å². The molecule has 1 spiro atoms. The largest absolute Gasteiger partial charge is 0.479 e. The highest BCUT2D eigenvalue weighted by atomic mass is 32.1. The van der Waals surface area contributed by atoms with Crippen molar-refractivity contribution in [2.24, 2.45) is 9.98 Å². The molecule has 47 heavy (non-hydrogen) atoms. The Morgan fingerprint density at radius 3 is 1.60 bits per heavy atom. The van der Waals surface area contributed by atoms with Crippen LogP contribution in [-0.4, -0.2) is 9.97 Å². The van der Waals surface area contributed by atoms with Crippen molar-refractivity contribution in [1.82, 2.24) is 9.97 Å². The number of thiazole rings is 2. The molecular weight excluding hydrogens is 673 g/mol. The summed E-state index contributed by atoms with van der Waals surface area (Å²) in [6.07, 6.45) is 4.83. The Labute approximate surface area is 278 Å². The first-order chi connectivity index (χ1) is 22.9. The third kappa shape index (κ3) is 3.79. The summed E-state index contributed by atoms with van der Waals surface area (Å²) in [5, 5.41) is 2.02. The molecule has 13 heteroatoms. The first-order valence-corrected chi connectivity index (χ1v) is 18.3. The Morgan fingerprint density at radius 1 is 0.596 bits per heavy atom. The quantitative estimate of drug-likeness (QED) is 0.211. The first kappa shape index (κ1) is 27.5. The average Bonchev–Trinajstić information content (AvgIpc) is 3.91. The van der Waals surface area contributed by atoms with Crippen LogP contribution >= 0.6 is 45.3 Å². The van der Waals surface area contributed by atoms with Gasteiger partial charge in [0.2, 0.25) is 32.0 Å². The van der Waals surface area contributed by atoms with Crippen LogP contribution in [0.25, 0.3) is 50.4 Å². The van der Waals surface area contributed by atoms with Crippen LogP contribution in [0.2, 0.25) is 0 Å². The van der Waals surface area contributed by atoms with E-state index in [0.29, 0.717) is 31.8 Å². The van der Waals surface area contributed by atoms with Gasteiger partial charge in [0.15, 0.2) is 16.5 Å². The second kappa shape index (κ2) is 9.73. The van der Waals surface area contributed by atoms with Gasteiger partial charge in [-0.15, -0.1) is 22.7 Å². The van der Waals surface area contributed by atoms with Crippen molar-refractivity contribution in [3.63, 3.8) is 0 Å². The maximum atomic E-state index is 13.0. The fourth-order valence-electron chi connectivity index (χ4n) is 7.03. The van der Waals surface area contributed by atoms with E-state index < -0.39 is 5.60 Å². The molecule has 228 valence electrons. The van der Waals surface area contributed by atoms with Gasteiger partial charge in [0, 0.05) is 27.1 Å². The molecule has 2 aliphatic rings. The third-order valence-electron chi connectivity index (χ3n) is 9.16. The van der Waals surface area contributed by atoms with E-state index >= 15 is 0 Å². The molecule has 5 heterocycles. The van der Waals surface area contributed by atoms with Gasteiger partial charge in [-0.25, -0.2) is 20.0 Å². The number of nitrogens with zero attached hydrogens (tertiary/aromatic N) is 4. The van der Waals surface area contributed by atoms with Gasteiger partial charge in [0.05, 0.1) is 14.5 Å². The molecule has 4 aromatic carbocycles. The third-order valence-corrected chi connectivity index (χ3v) is 13.6. The van der Waals surface area contributed by atoms with Gasteiger partial charge in [-0.3, -0.25) is 19.2 Å². The lowest BCUT2D eigenvalue weighted by molar-refractivity contribution is 0.0282. The summed E-state index contributed by atoms with van der Waals surface area (Å²) in [6.45, 7) is 0. The number of fused-ring (bicyclic) bond motifs is 10. The van der Waals surface area contributed by atoms with Gasteiger partial charge >= 0.3 is 0 Å². The van der Waals surface area contributed by atoms with Gasteiger partial charge < -0.3 is 4.74 Å². The summed E-state index contributed by atoms with van der Waals surface area (Å²) >= 11 is 5.80. The second-order valence-corrected chi connectivity index (χ2v) is 15.8. The molecule has 0 radical (unpaired) electrons. The fourth-order valence-corrected chi connectivity index (χ4v) is 11.9. The lowest BCUT2D eigenvalue weighted by Gasteiger charge is -2.40. The number of thiophene rings is 2. The zero-order chi connectivity index (χ0) is 31.6. The molecule has 0 saturated heterocycles. The predicted octanol–water partition coefficient (Wildman–Crippen LogP) is 6.21. The van der Waals surface area contributed by atoms with E-state index in [4.69, 9.17) is 14.7 Å². The molecule has 1 saturated carbocycles. The number of ether oxygens (including phenoxy) is 1. The van der Waals surface area contributed by atoms with Crippen LogP contribution in [0.1, 0.15) is 37.7 Å². The van der Waals surface area contributed by atoms with Crippen molar-refractivity contribution in [1.29, 1.82) is 0 Å². The zero-order valence-electron chi connectivity index (χ0n) is 24.1. The molecule has 0 N–H and O–H groups in total. The predicted molar refractivity (Wildman–Crippen MR) is 188 cm³/mol. The molecule has 1 fully saturated rings. The SMILES string of the molecule is O=c1c(=Nc2nc3sc4c(c3s2)OC2(CCCCC2)c2c-4sc3nc(N=c4c(=O)c5ccccc5c4=O)sc23)c(=O)c2ccccc12. The molecule has 0 bridgehead atoms. The minimum atomic E-state index is -0.561. The lowest BCUT2D eigenvalue weighted by Crippen LogP contribution is -2.37. The van der Waals surface area contributed by atoms with Gasteiger partial charge in [-0.1, -0.05) is 77.6 Å². The van der Waals surface area contributed by atoms with Crippen LogP contribution in [0, 0.1) is 0 Å². The standard InChI is InChI=1S/C34H18N4O5S4/c39-21-14-8-2-3-9-15(14)22(40)19(21)35-32-37-30-27(46-32)18-26(44-30)28-25(43-34(18)12-6-1-7-13-34)29-31(45-28)38-33(47-29)36-20-23(41)16-10-4-5-11-17(16)24(20)42/h2-5,8-11H,1,6-7,12-13H2. The number of rotatable bonds is 2. The van der Waals surface area contributed by atoms with E-state index in [-0.39, 0.29) is 32.4 Å². The molecule has 8 aromatic rings. The molecule has 10 rings (SSSR count). The van der Waals surface area contributed by atoms with Crippen molar-refractivity contribution in [3.8, 4) is 15.5 Å². The Bertz CT molecular complexity index is 2880. The average molecular weight is 691 g/mol.